The highest BCUT2D eigenvalue weighted by Gasteiger charge is 2.14. The van der Waals surface area contributed by atoms with Crippen LogP contribution in [-0.2, 0) is 19.4 Å². The van der Waals surface area contributed by atoms with Crippen molar-refractivity contribution >= 4 is 5.82 Å². The summed E-state index contributed by atoms with van der Waals surface area (Å²) in [5.74, 6) is 6.13. The first kappa shape index (κ1) is 13.1. The summed E-state index contributed by atoms with van der Waals surface area (Å²) in [6.45, 7) is 3.04. The summed E-state index contributed by atoms with van der Waals surface area (Å²) < 4.78 is 0. The van der Waals surface area contributed by atoms with E-state index >= 15 is 0 Å². The molecule has 3 N–H and O–H groups in total. The SMILES string of the molecule is NNc1cccc(CN2CCc3ccccc3CC2)n1. The predicted octanol–water partition coefficient (Wildman–Crippen LogP) is 1.97. The molecule has 4 heteroatoms. The summed E-state index contributed by atoms with van der Waals surface area (Å²) in [4.78, 5) is 6.95. The molecular weight excluding hydrogens is 248 g/mol. The predicted molar refractivity (Wildman–Crippen MR) is 81.2 cm³/mol. The van der Waals surface area contributed by atoms with Gasteiger partial charge in [-0.15, -0.1) is 0 Å². The molecule has 20 heavy (non-hydrogen) atoms. The van der Waals surface area contributed by atoms with E-state index < -0.39 is 0 Å². The third-order valence-electron chi connectivity index (χ3n) is 3.85. The van der Waals surface area contributed by atoms with Gasteiger partial charge in [0, 0.05) is 19.6 Å². The van der Waals surface area contributed by atoms with Crippen LogP contribution in [0.25, 0.3) is 0 Å². The molecule has 104 valence electrons. The second kappa shape index (κ2) is 6.03. The van der Waals surface area contributed by atoms with Crippen LogP contribution in [0.2, 0.25) is 0 Å². The minimum atomic E-state index is 0.723. The van der Waals surface area contributed by atoms with Gasteiger partial charge in [0.15, 0.2) is 0 Å². The lowest BCUT2D eigenvalue weighted by Gasteiger charge is -2.19. The third-order valence-corrected chi connectivity index (χ3v) is 3.85. The molecule has 1 aromatic heterocycles. The standard InChI is InChI=1S/C16H20N4/c17-19-16-7-3-6-15(18-16)12-20-10-8-13-4-1-2-5-14(13)9-11-20/h1-7H,8-12,17H2,(H,18,19). The van der Waals surface area contributed by atoms with Crippen LogP contribution >= 0.6 is 0 Å². The number of anilines is 1. The number of pyridine rings is 1. The van der Waals surface area contributed by atoms with E-state index in [4.69, 9.17) is 5.84 Å². The Morgan fingerprint density at radius 2 is 1.70 bits per heavy atom. The number of hydrogen-bond acceptors (Lipinski definition) is 4. The number of aromatic nitrogens is 1. The number of benzene rings is 1. The fourth-order valence-corrected chi connectivity index (χ4v) is 2.75. The quantitative estimate of drug-likeness (QED) is 0.660. The minimum absolute atomic E-state index is 0.723. The molecule has 3 rings (SSSR count). The number of nitrogens with one attached hydrogen (secondary N) is 1. The maximum atomic E-state index is 5.41. The summed E-state index contributed by atoms with van der Waals surface area (Å²) in [6.07, 6.45) is 2.23. The number of hydrazine groups is 1. The van der Waals surface area contributed by atoms with Crippen molar-refractivity contribution in [3.8, 4) is 0 Å². The van der Waals surface area contributed by atoms with Crippen molar-refractivity contribution in [2.24, 2.45) is 5.84 Å². The van der Waals surface area contributed by atoms with Gasteiger partial charge < -0.3 is 5.43 Å². The topological polar surface area (TPSA) is 54.2 Å². The van der Waals surface area contributed by atoms with E-state index in [0.29, 0.717) is 0 Å². The summed E-state index contributed by atoms with van der Waals surface area (Å²) >= 11 is 0. The number of nitrogens with zero attached hydrogens (tertiary/aromatic N) is 2. The van der Waals surface area contributed by atoms with E-state index in [1.165, 1.54) is 11.1 Å². The zero-order valence-corrected chi connectivity index (χ0v) is 11.5. The Bertz CT molecular complexity index is 555. The monoisotopic (exact) mass is 268 g/mol. The molecule has 1 aliphatic rings. The average molecular weight is 268 g/mol. The van der Waals surface area contributed by atoms with Crippen molar-refractivity contribution in [3.63, 3.8) is 0 Å². The number of nitrogens with two attached hydrogens (primary N) is 1. The molecule has 0 fully saturated rings. The molecule has 0 atom stereocenters. The van der Waals surface area contributed by atoms with Gasteiger partial charge >= 0.3 is 0 Å². The molecule has 4 nitrogen and oxygen atoms in total. The van der Waals surface area contributed by atoms with Gasteiger partial charge in [-0.25, -0.2) is 10.8 Å². The van der Waals surface area contributed by atoms with Crippen molar-refractivity contribution in [2.75, 3.05) is 18.5 Å². The van der Waals surface area contributed by atoms with Gasteiger partial charge in [0.2, 0.25) is 0 Å². The number of hydrogen-bond donors (Lipinski definition) is 2. The van der Waals surface area contributed by atoms with E-state index in [2.05, 4.69) is 45.6 Å². The van der Waals surface area contributed by atoms with Crippen LogP contribution in [0.1, 0.15) is 16.8 Å². The highest BCUT2D eigenvalue weighted by atomic mass is 15.3. The first-order valence-corrected chi connectivity index (χ1v) is 7.07. The summed E-state index contributed by atoms with van der Waals surface area (Å²) in [6, 6.07) is 14.7. The molecule has 1 aromatic carbocycles. The van der Waals surface area contributed by atoms with Gasteiger partial charge in [-0.05, 0) is 36.1 Å². The molecule has 0 aliphatic carbocycles. The maximum Gasteiger partial charge on any atom is 0.140 e. The van der Waals surface area contributed by atoms with Gasteiger partial charge in [-0.1, -0.05) is 30.3 Å². The molecule has 0 amide bonds. The smallest absolute Gasteiger partial charge is 0.140 e. The Labute approximate surface area is 119 Å². The number of rotatable bonds is 3. The molecule has 1 aliphatic heterocycles. The lowest BCUT2D eigenvalue weighted by atomic mass is 10.0. The zero-order chi connectivity index (χ0) is 13.8. The molecule has 0 radical (unpaired) electrons. The molecular formula is C16H20N4. The number of nitrogen functional groups attached to an aromatic ring is 1. The summed E-state index contributed by atoms with van der Waals surface area (Å²) in [7, 11) is 0. The zero-order valence-electron chi connectivity index (χ0n) is 11.5. The molecule has 0 spiro atoms. The first-order valence-electron chi connectivity index (χ1n) is 7.07. The van der Waals surface area contributed by atoms with Crippen LogP contribution in [-0.4, -0.2) is 23.0 Å². The molecule has 0 unspecified atom stereocenters. The second-order valence-corrected chi connectivity index (χ2v) is 5.20. The van der Waals surface area contributed by atoms with Crippen LogP contribution in [0.15, 0.2) is 42.5 Å². The van der Waals surface area contributed by atoms with E-state index in [1.54, 1.807) is 0 Å². The summed E-state index contributed by atoms with van der Waals surface area (Å²) in [5.41, 5.74) is 6.64. The van der Waals surface area contributed by atoms with Crippen LogP contribution in [0.3, 0.4) is 0 Å². The van der Waals surface area contributed by atoms with Gasteiger partial charge in [-0.3, -0.25) is 4.90 Å². The highest BCUT2D eigenvalue weighted by Crippen LogP contribution is 2.17. The van der Waals surface area contributed by atoms with Crippen molar-refractivity contribution in [3.05, 3.63) is 59.3 Å². The van der Waals surface area contributed by atoms with Gasteiger partial charge in [0.1, 0.15) is 5.82 Å². The highest BCUT2D eigenvalue weighted by molar-refractivity contribution is 5.33. The third kappa shape index (κ3) is 2.98. The second-order valence-electron chi connectivity index (χ2n) is 5.20. The normalized spacial score (nSPS) is 15.4. The number of fused-ring (bicyclic) bond motifs is 1. The van der Waals surface area contributed by atoms with E-state index in [9.17, 15) is 0 Å². The van der Waals surface area contributed by atoms with E-state index in [0.717, 1.165) is 44.0 Å². The van der Waals surface area contributed by atoms with E-state index in [-0.39, 0.29) is 0 Å². The molecule has 0 saturated carbocycles. The van der Waals surface area contributed by atoms with Gasteiger partial charge in [0.25, 0.3) is 0 Å². The minimum Gasteiger partial charge on any atom is -0.308 e. The van der Waals surface area contributed by atoms with Crippen LogP contribution < -0.4 is 11.3 Å². The van der Waals surface area contributed by atoms with Crippen LogP contribution in [0, 0.1) is 0 Å². The van der Waals surface area contributed by atoms with Crippen molar-refractivity contribution in [2.45, 2.75) is 19.4 Å². The Hall–Kier alpha value is -1.91. The van der Waals surface area contributed by atoms with Gasteiger partial charge in [0.05, 0.1) is 5.69 Å². The lowest BCUT2D eigenvalue weighted by Crippen LogP contribution is -2.26. The molecule has 0 bridgehead atoms. The fraction of sp³-hybridized carbons (Fsp3) is 0.312. The van der Waals surface area contributed by atoms with Crippen molar-refractivity contribution in [1.29, 1.82) is 0 Å². The Morgan fingerprint density at radius 3 is 2.35 bits per heavy atom. The summed E-state index contributed by atoms with van der Waals surface area (Å²) in [5, 5.41) is 0. The average Bonchev–Trinajstić information content (AvgIpc) is 2.70. The maximum absolute atomic E-state index is 5.41. The largest absolute Gasteiger partial charge is 0.308 e. The molecule has 2 aromatic rings. The van der Waals surface area contributed by atoms with Crippen molar-refractivity contribution in [1.82, 2.24) is 9.88 Å². The Kier molecular flexibility index (Phi) is 3.95. The van der Waals surface area contributed by atoms with Crippen molar-refractivity contribution < 1.29 is 0 Å². The van der Waals surface area contributed by atoms with Crippen LogP contribution in [0.4, 0.5) is 5.82 Å². The Balaban J connectivity index is 1.68. The fourth-order valence-electron chi connectivity index (χ4n) is 2.75. The molecule has 0 saturated heterocycles. The van der Waals surface area contributed by atoms with E-state index in [1.807, 2.05) is 12.1 Å². The lowest BCUT2D eigenvalue weighted by molar-refractivity contribution is 0.276. The van der Waals surface area contributed by atoms with Crippen LogP contribution in [0.5, 0.6) is 0 Å². The molecule has 2 heterocycles. The Morgan fingerprint density at radius 1 is 1.00 bits per heavy atom. The first-order chi connectivity index (χ1) is 9.85. The van der Waals surface area contributed by atoms with Gasteiger partial charge in [-0.2, -0.15) is 0 Å².